The first-order chi connectivity index (χ1) is 13.0. The van der Waals surface area contributed by atoms with Crippen molar-refractivity contribution in [2.75, 3.05) is 7.11 Å². The van der Waals surface area contributed by atoms with Gasteiger partial charge in [0.2, 0.25) is 10.6 Å². The average Bonchev–Trinajstić information content (AvgIpc) is 3.01. The van der Waals surface area contributed by atoms with E-state index in [0.717, 1.165) is 35.2 Å². The number of aromatic nitrogens is 4. The summed E-state index contributed by atoms with van der Waals surface area (Å²) in [5.74, 6) is 1.88. The Labute approximate surface area is 169 Å². The van der Waals surface area contributed by atoms with Gasteiger partial charge in [0.1, 0.15) is 5.75 Å². The Morgan fingerprint density at radius 1 is 1.11 bits per heavy atom. The normalized spacial score (nSPS) is 12.5. The van der Waals surface area contributed by atoms with Gasteiger partial charge in [0.25, 0.3) is 0 Å². The highest BCUT2D eigenvalue weighted by Gasteiger charge is 2.17. The quantitative estimate of drug-likeness (QED) is 0.458. The van der Waals surface area contributed by atoms with Crippen LogP contribution in [0.3, 0.4) is 0 Å². The molecule has 2 aromatic heterocycles. The molecular formula is C20H24Cl2N4O. The predicted octanol–water partition coefficient (Wildman–Crippen LogP) is 6.03. The third-order valence-electron chi connectivity index (χ3n) is 4.91. The van der Waals surface area contributed by atoms with Gasteiger partial charge in [0.15, 0.2) is 5.82 Å². The van der Waals surface area contributed by atoms with Crippen LogP contribution in [0.2, 0.25) is 10.6 Å². The van der Waals surface area contributed by atoms with E-state index < -0.39 is 0 Å². The summed E-state index contributed by atoms with van der Waals surface area (Å²) in [5.41, 5.74) is 1.99. The van der Waals surface area contributed by atoms with E-state index in [9.17, 15) is 0 Å². The molecule has 1 atom stereocenters. The lowest BCUT2D eigenvalue weighted by Crippen LogP contribution is -2.09. The minimum Gasteiger partial charge on any atom is -0.497 e. The van der Waals surface area contributed by atoms with Crippen LogP contribution < -0.4 is 4.74 Å². The highest BCUT2D eigenvalue weighted by molar-refractivity contribution is 6.31. The zero-order chi connectivity index (χ0) is 19.4. The van der Waals surface area contributed by atoms with Crippen molar-refractivity contribution in [2.45, 2.75) is 46.1 Å². The number of hydrogen-bond acceptors (Lipinski definition) is 4. The SMILES string of the molecule is CCCCC(CC)Cn1cc(-c2nc(Cl)nc(Cl)n2)c2cc(OC)ccc21. The number of methoxy groups -OCH3 is 1. The van der Waals surface area contributed by atoms with Crippen molar-refractivity contribution in [3.63, 3.8) is 0 Å². The highest BCUT2D eigenvalue weighted by atomic mass is 35.5. The molecule has 1 unspecified atom stereocenters. The second-order valence-corrected chi connectivity index (χ2v) is 7.37. The molecule has 0 aliphatic carbocycles. The van der Waals surface area contributed by atoms with Crippen molar-refractivity contribution in [2.24, 2.45) is 5.92 Å². The van der Waals surface area contributed by atoms with Crippen LogP contribution in [0.25, 0.3) is 22.3 Å². The van der Waals surface area contributed by atoms with Crippen molar-refractivity contribution in [1.82, 2.24) is 19.5 Å². The van der Waals surface area contributed by atoms with Crippen molar-refractivity contribution in [1.29, 1.82) is 0 Å². The number of nitrogens with zero attached hydrogens (tertiary/aromatic N) is 4. The molecule has 3 aromatic rings. The summed E-state index contributed by atoms with van der Waals surface area (Å²) in [6, 6.07) is 6.05. The van der Waals surface area contributed by atoms with Gasteiger partial charge in [-0.1, -0.05) is 33.1 Å². The number of ether oxygens (including phenoxy) is 1. The third-order valence-corrected chi connectivity index (χ3v) is 5.25. The van der Waals surface area contributed by atoms with Crippen LogP contribution in [0.1, 0.15) is 39.5 Å². The summed E-state index contributed by atoms with van der Waals surface area (Å²) in [6.07, 6.45) is 6.92. The van der Waals surface area contributed by atoms with E-state index in [4.69, 9.17) is 27.9 Å². The van der Waals surface area contributed by atoms with E-state index in [1.807, 2.05) is 12.1 Å². The minimum absolute atomic E-state index is 0.0863. The van der Waals surface area contributed by atoms with Crippen molar-refractivity contribution >= 4 is 34.1 Å². The topological polar surface area (TPSA) is 52.8 Å². The molecule has 0 aliphatic rings. The molecule has 0 aliphatic heterocycles. The first-order valence-corrected chi connectivity index (χ1v) is 10.1. The van der Waals surface area contributed by atoms with E-state index in [2.05, 4.69) is 45.6 Å². The van der Waals surface area contributed by atoms with Gasteiger partial charge in [-0.2, -0.15) is 15.0 Å². The third kappa shape index (κ3) is 4.53. The summed E-state index contributed by atoms with van der Waals surface area (Å²) in [5, 5.41) is 1.18. The molecule has 0 saturated heterocycles. The average molecular weight is 407 g/mol. The lowest BCUT2D eigenvalue weighted by Gasteiger charge is -2.16. The van der Waals surface area contributed by atoms with Crippen molar-refractivity contribution in [3.8, 4) is 17.1 Å². The van der Waals surface area contributed by atoms with Crippen LogP contribution in [-0.4, -0.2) is 26.6 Å². The van der Waals surface area contributed by atoms with Gasteiger partial charge in [-0.3, -0.25) is 0 Å². The van der Waals surface area contributed by atoms with Gasteiger partial charge in [-0.15, -0.1) is 0 Å². The van der Waals surface area contributed by atoms with Crippen LogP contribution in [0.5, 0.6) is 5.75 Å². The molecule has 5 nitrogen and oxygen atoms in total. The molecule has 144 valence electrons. The van der Waals surface area contributed by atoms with E-state index in [0.29, 0.717) is 11.7 Å². The Morgan fingerprint density at radius 2 is 1.85 bits per heavy atom. The molecule has 0 saturated carbocycles. The van der Waals surface area contributed by atoms with Crippen LogP contribution in [-0.2, 0) is 6.54 Å². The maximum atomic E-state index is 6.00. The van der Waals surface area contributed by atoms with E-state index >= 15 is 0 Å². The number of rotatable bonds is 8. The minimum atomic E-state index is 0.0863. The lowest BCUT2D eigenvalue weighted by atomic mass is 9.99. The fourth-order valence-corrected chi connectivity index (χ4v) is 3.74. The van der Waals surface area contributed by atoms with Crippen LogP contribution in [0, 0.1) is 5.92 Å². The van der Waals surface area contributed by atoms with E-state index in [1.54, 1.807) is 7.11 Å². The molecule has 3 rings (SSSR count). The van der Waals surface area contributed by atoms with Crippen LogP contribution in [0.15, 0.2) is 24.4 Å². The van der Waals surface area contributed by atoms with E-state index in [-0.39, 0.29) is 10.6 Å². The number of hydrogen-bond donors (Lipinski definition) is 0. The Kier molecular flexibility index (Phi) is 6.55. The molecule has 0 amide bonds. The molecule has 0 fully saturated rings. The fourth-order valence-electron chi connectivity index (χ4n) is 3.37. The predicted molar refractivity (Wildman–Crippen MR) is 111 cm³/mol. The second-order valence-electron chi connectivity index (χ2n) is 6.69. The summed E-state index contributed by atoms with van der Waals surface area (Å²) >= 11 is 12.0. The standard InChI is InChI=1S/C20H24Cl2N4O/c1-4-6-7-13(5-2)11-26-12-16(18-23-19(21)25-20(22)24-18)15-10-14(27-3)8-9-17(15)26/h8-10,12-13H,4-7,11H2,1-3H3. The summed E-state index contributed by atoms with van der Waals surface area (Å²) < 4.78 is 7.69. The number of unbranched alkanes of at least 4 members (excludes halogenated alkanes) is 1. The van der Waals surface area contributed by atoms with Crippen LogP contribution in [0.4, 0.5) is 0 Å². The largest absolute Gasteiger partial charge is 0.497 e. The second kappa shape index (κ2) is 8.89. The molecule has 0 spiro atoms. The van der Waals surface area contributed by atoms with Gasteiger partial charge in [0.05, 0.1) is 7.11 Å². The molecule has 0 N–H and O–H groups in total. The zero-order valence-electron chi connectivity index (χ0n) is 15.9. The Hall–Kier alpha value is -1.85. The summed E-state index contributed by atoms with van der Waals surface area (Å²) in [6.45, 7) is 5.43. The lowest BCUT2D eigenvalue weighted by molar-refractivity contribution is 0.396. The highest BCUT2D eigenvalue weighted by Crippen LogP contribution is 2.33. The zero-order valence-corrected chi connectivity index (χ0v) is 17.4. The number of benzene rings is 1. The number of halogens is 2. The first kappa shape index (κ1) is 19.9. The van der Waals surface area contributed by atoms with Gasteiger partial charge in [0, 0.05) is 29.2 Å². The molecule has 7 heteroatoms. The van der Waals surface area contributed by atoms with Gasteiger partial charge >= 0.3 is 0 Å². The smallest absolute Gasteiger partial charge is 0.227 e. The fraction of sp³-hybridized carbons (Fsp3) is 0.450. The maximum absolute atomic E-state index is 6.00. The Morgan fingerprint density at radius 3 is 2.48 bits per heavy atom. The van der Waals surface area contributed by atoms with Gasteiger partial charge in [-0.25, -0.2) is 0 Å². The summed E-state index contributed by atoms with van der Waals surface area (Å²) in [7, 11) is 1.66. The molecule has 0 radical (unpaired) electrons. The monoisotopic (exact) mass is 406 g/mol. The number of fused-ring (bicyclic) bond motifs is 1. The van der Waals surface area contributed by atoms with Crippen LogP contribution >= 0.6 is 23.2 Å². The molecular weight excluding hydrogens is 383 g/mol. The molecule has 0 bridgehead atoms. The Bertz CT molecular complexity index is 905. The Balaban J connectivity index is 2.09. The maximum Gasteiger partial charge on any atom is 0.227 e. The molecule has 2 heterocycles. The van der Waals surface area contributed by atoms with Crippen molar-refractivity contribution in [3.05, 3.63) is 35.0 Å². The van der Waals surface area contributed by atoms with Gasteiger partial charge in [-0.05, 0) is 53.7 Å². The van der Waals surface area contributed by atoms with Crippen molar-refractivity contribution < 1.29 is 4.74 Å². The first-order valence-electron chi connectivity index (χ1n) is 9.30. The summed E-state index contributed by atoms with van der Waals surface area (Å²) in [4.78, 5) is 12.4. The molecule has 27 heavy (non-hydrogen) atoms. The van der Waals surface area contributed by atoms with Gasteiger partial charge < -0.3 is 9.30 Å². The molecule has 1 aromatic carbocycles. The van der Waals surface area contributed by atoms with E-state index in [1.165, 1.54) is 19.3 Å².